The van der Waals surface area contributed by atoms with Crippen LogP contribution in [-0.4, -0.2) is 50.2 Å². The van der Waals surface area contributed by atoms with Crippen LogP contribution in [0.4, 0.5) is 0 Å². The van der Waals surface area contributed by atoms with Crippen LogP contribution in [-0.2, 0) is 4.74 Å². The molecule has 0 bridgehead atoms. The Morgan fingerprint density at radius 3 is 2.33 bits per heavy atom. The standard InChI is InChI=1S/C8H19NO3/c1-8(6-10,7-11)5-9-3-4-12-2/h9-11H,3-7H2,1-2H3. The monoisotopic (exact) mass is 177 g/mol. The smallest absolute Gasteiger partial charge is 0.0587 e. The molecule has 3 N–H and O–H groups in total. The van der Waals surface area contributed by atoms with Gasteiger partial charge in [0.1, 0.15) is 0 Å². The highest BCUT2D eigenvalue weighted by molar-refractivity contribution is 4.74. The minimum atomic E-state index is -0.423. The molecule has 0 radical (unpaired) electrons. The lowest BCUT2D eigenvalue weighted by molar-refractivity contribution is 0.0679. The van der Waals surface area contributed by atoms with Gasteiger partial charge < -0.3 is 20.3 Å². The van der Waals surface area contributed by atoms with E-state index < -0.39 is 5.41 Å². The fourth-order valence-electron chi connectivity index (χ4n) is 0.726. The molecule has 0 amide bonds. The van der Waals surface area contributed by atoms with Gasteiger partial charge in [-0.25, -0.2) is 0 Å². The summed E-state index contributed by atoms with van der Waals surface area (Å²) in [4.78, 5) is 0. The van der Waals surface area contributed by atoms with Gasteiger partial charge in [0.2, 0.25) is 0 Å². The second-order valence-electron chi connectivity index (χ2n) is 3.30. The van der Waals surface area contributed by atoms with Gasteiger partial charge in [-0.05, 0) is 0 Å². The third-order valence-corrected chi connectivity index (χ3v) is 1.80. The summed E-state index contributed by atoms with van der Waals surface area (Å²) in [6, 6.07) is 0. The molecule has 0 aromatic heterocycles. The van der Waals surface area contributed by atoms with Crippen molar-refractivity contribution < 1.29 is 14.9 Å². The van der Waals surface area contributed by atoms with Gasteiger partial charge in [0.05, 0.1) is 19.8 Å². The van der Waals surface area contributed by atoms with Gasteiger partial charge in [0.25, 0.3) is 0 Å². The zero-order chi connectivity index (χ0) is 9.45. The fraction of sp³-hybridized carbons (Fsp3) is 1.00. The van der Waals surface area contributed by atoms with Gasteiger partial charge in [-0.1, -0.05) is 6.92 Å². The molecule has 0 unspecified atom stereocenters. The number of aliphatic hydroxyl groups is 2. The molecule has 0 spiro atoms. The lowest BCUT2D eigenvalue weighted by Crippen LogP contribution is -2.38. The Bertz CT molecular complexity index is 104. The first kappa shape index (κ1) is 11.8. The van der Waals surface area contributed by atoms with Gasteiger partial charge in [0, 0.05) is 25.6 Å². The quantitative estimate of drug-likeness (QED) is 0.446. The maximum absolute atomic E-state index is 8.91. The van der Waals surface area contributed by atoms with E-state index in [0.717, 1.165) is 6.54 Å². The van der Waals surface area contributed by atoms with E-state index in [0.29, 0.717) is 13.2 Å². The number of rotatable bonds is 7. The normalized spacial score (nSPS) is 12.0. The van der Waals surface area contributed by atoms with Crippen molar-refractivity contribution in [1.82, 2.24) is 5.32 Å². The van der Waals surface area contributed by atoms with Crippen molar-refractivity contribution in [1.29, 1.82) is 0 Å². The first-order valence-corrected chi connectivity index (χ1v) is 4.10. The Morgan fingerprint density at radius 1 is 1.33 bits per heavy atom. The highest BCUT2D eigenvalue weighted by atomic mass is 16.5. The van der Waals surface area contributed by atoms with E-state index in [9.17, 15) is 0 Å². The third kappa shape index (κ3) is 4.66. The van der Waals surface area contributed by atoms with Crippen molar-refractivity contribution in [2.45, 2.75) is 6.92 Å². The van der Waals surface area contributed by atoms with Crippen molar-refractivity contribution in [2.24, 2.45) is 5.41 Å². The molecule has 0 aromatic rings. The van der Waals surface area contributed by atoms with Crippen LogP contribution in [0.25, 0.3) is 0 Å². The molecule has 12 heavy (non-hydrogen) atoms. The number of ether oxygens (including phenoxy) is 1. The Hall–Kier alpha value is -0.160. The summed E-state index contributed by atoms with van der Waals surface area (Å²) >= 11 is 0. The molecule has 4 heteroatoms. The summed E-state index contributed by atoms with van der Waals surface area (Å²) in [6.45, 7) is 3.79. The van der Waals surface area contributed by atoms with E-state index in [1.807, 2.05) is 6.92 Å². The van der Waals surface area contributed by atoms with Gasteiger partial charge in [0.15, 0.2) is 0 Å². The third-order valence-electron chi connectivity index (χ3n) is 1.80. The van der Waals surface area contributed by atoms with Crippen LogP contribution in [0.1, 0.15) is 6.92 Å². The highest BCUT2D eigenvalue weighted by Crippen LogP contribution is 2.11. The maximum atomic E-state index is 8.91. The number of methoxy groups -OCH3 is 1. The molecule has 0 heterocycles. The zero-order valence-corrected chi connectivity index (χ0v) is 7.84. The van der Waals surface area contributed by atoms with E-state index >= 15 is 0 Å². The summed E-state index contributed by atoms with van der Waals surface area (Å²) in [7, 11) is 1.64. The summed E-state index contributed by atoms with van der Waals surface area (Å²) in [5.41, 5.74) is -0.423. The predicted octanol–water partition coefficient (Wildman–Crippen LogP) is -0.787. The van der Waals surface area contributed by atoms with Gasteiger partial charge in [-0.15, -0.1) is 0 Å². The number of aliphatic hydroxyl groups excluding tert-OH is 2. The molecule has 0 saturated heterocycles. The molecule has 0 aliphatic rings. The Kier molecular flexibility index (Phi) is 6.28. The van der Waals surface area contributed by atoms with E-state index in [-0.39, 0.29) is 13.2 Å². The van der Waals surface area contributed by atoms with Crippen LogP contribution in [0.3, 0.4) is 0 Å². The van der Waals surface area contributed by atoms with Crippen LogP contribution >= 0.6 is 0 Å². The number of hydrogen-bond donors (Lipinski definition) is 3. The maximum Gasteiger partial charge on any atom is 0.0587 e. The molecule has 0 fully saturated rings. The molecule has 4 nitrogen and oxygen atoms in total. The number of nitrogens with one attached hydrogen (secondary N) is 1. The average Bonchev–Trinajstić information content (AvgIpc) is 2.12. The minimum absolute atomic E-state index is 0.0104. The molecule has 0 aliphatic carbocycles. The van der Waals surface area contributed by atoms with Gasteiger partial charge in [-0.2, -0.15) is 0 Å². The Labute approximate surface area is 73.5 Å². The van der Waals surface area contributed by atoms with Gasteiger partial charge >= 0.3 is 0 Å². The largest absolute Gasteiger partial charge is 0.396 e. The second kappa shape index (κ2) is 6.37. The second-order valence-corrected chi connectivity index (χ2v) is 3.30. The lowest BCUT2D eigenvalue weighted by atomic mass is 9.93. The first-order valence-electron chi connectivity index (χ1n) is 4.10. The van der Waals surface area contributed by atoms with Crippen molar-refractivity contribution in [3.05, 3.63) is 0 Å². The minimum Gasteiger partial charge on any atom is -0.396 e. The van der Waals surface area contributed by atoms with Crippen LogP contribution in [0.15, 0.2) is 0 Å². The molecule has 0 atom stereocenters. The summed E-state index contributed by atoms with van der Waals surface area (Å²) in [5.74, 6) is 0. The van der Waals surface area contributed by atoms with E-state index in [1.165, 1.54) is 0 Å². The Balaban J connectivity index is 3.45. The molecular weight excluding hydrogens is 158 g/mol. The molecule has 74 valence electrons. The first-order chi connectivity index (χ1) is 5.68. The molecule has 0 saturated carbocycles. The Morgan fingerprint density at radius 2 is 1.92 bits per heavy atom. The zero-order valence-electron chi connectivity index (χ0n) is 7.84. The van der Waals surface area contributed by atoms with E-state index in [2.05, 4.69) is 5.32 Å². The molecule has 0 aromatic carbocycles. The van der Waals surface area contributed by atoms with Crippen molar-refractivity contribution >= 4 is 0 Å². The lowest BCUT2D eigenvalue weighted by Gasteiger charge is -2.24. The molecule has 0 aliphatic heterocycles. The highest BCUT2D eigenvalue weighted by Gasteiger charge is 2.21. The summed E-state index contributed by atoms with van der Waals surface area (Å²) in [5, 5.41) is 20.9. The van der Waals surface area contributed by atoms with Crippen LogP contribution in [0.2, 0.25) is 0 Å². The van der Waals surface area contributed by atoms with Crippen molar-refractivity contribution in [3.8, 4) is 0 Å². The molecule has 0 rings (SSSR count). The summed E-state index contributed by atoms with van der Waals surface area (Å²) in [6.07, 6.45) is 0. The van der Waals surface area contributed by atoms with E-state index in [4.69, 9.17) is 14.9 Å². The van der Waals surface area contributed by atoms with E-state index in [1.54, 1.807) is 7.11 Å². The topological polar surface area (TPSA) is 61.7 Å². The van der Waals surface area contributed by atoms with Crippen molar-refractivity contribution in [3.63, 3.8) is 0 Å². The fourth-order valence-corrected chi connectivity index (χ4v) is 0.726. The predicted molar refractivity (Wildman–Crippen MR) is 47.0 cm³/mol. The van der Waals surface area contributed by atoms with Gasteiger partial charge in [-0.3, -0.25) is 0 Å². The molecular formula is C8H19NO3. The van der Waals surface area contributed by atoms with Crippen LogP contribution in [0, 0.1) is 5.41 Å². The van der Waals surface area contributed by atoms with Crippen LogP contribution < -0.4 is 5.32 Å². The SMILES string of the molecule is COCCNCC(C)(CO)CO. The number of hydrogen-bond acceptors (Lipinski definition) is 4. The van der Waals surface area contributed by atoms with Crippen molar-refractivity contribution in [2.75, 3.05) is 40.0 Å². The summed E-state index contributed by atoms with van der Waals surface area (Å²) < 4.78 is 4.84. The average molecular weight is 177 g/mol. The van der Waals surface area contributed by atoms with Crippen LogP contribution in [0.5, 0.6) is 0 Å².